The Bertz CT molecular complexity index is 1340. The molecule has 150 valence electrons. The molecule has 1 aliphatic heterocycles. The number of hydrogen-bond acceptors (Lipinski definition) is 5. The Labute approximate surface area is 173 Å². The summed E-state index contributed by atoms with van der Waals surface area (Å²) in [6, 6.07) is 18.6. The molecule has 0 bridgehead atoms. The highest BCUT2D eigenvalue weighted by atomic mass is 16.5. The zero-order valence-electron chi connectivity index (χ0n) is 16.7. The van der Waals surface area contributed by atoms with Gasteiger partial charge in [-0.15, -0.1) is 0 Å². The topological polar surface area (TPSA) is 76.4 Å². The quantitative estimate of drug-likeness (QED) is 0.486. The van der Waals surface area contributed by atoms with Crippen molar-refractivity contribution in [2.75, 3.05) is 11.9 Å². The number of aromatic hydroxyl groups is 1. The van der Waals surface area contributed by atoms with Gasteiger partial charge in [0.05, 0.1) is 23.2 Å². The van der Waals surface area contributed by atoms with Crippen LogP contribution in [0.25, 0.3) is 21.8 Å². The van der Waals surface area contributed by atoms with Crippen LogP contribution in [0.1, 0.15) is 25.5 Å². The molecule has 0 aliphatic carbocycles. The Balaban J connectivity index is 1.88. The van der Waals surface area contributed by atoms with Crippen molar-refractivity contribution in [1.82, 2.24) is 9.55 Å². The van der Waals surface area contributed by atoms with Crippen LogP contribution in [0.4, 0.5) is 5.95 Å². The van der Waals surface area contributed by atoms with Gasteiger partial charge in [0.15, 0.2) is 0 Å². The fraction of sp³-hybridized carbons (Fsp3) is 0.167. The van der Waals surface area contributed by atoms with E-state index in [1.165, 1.54) is 0 Å². The molecule has 0 saturated carbocycles. The second-order valence-electron chi connectivity index (χ2n) is 7.30. The number of phenols is 1. The first-order valence-corrected chi connectivity index (χ1v) is 9.92. The minimum absolute atomic E-state index is 0.124. The van der Waals surface area contributed by atoms with Crippen LogP contribution in [0.3, 0.4) is 0 Å². The fourth-order valence-corrected chi connectivity index (χ4v) is 4.28. The van der Waals surface area contributed by atoms with Crippen molar-refractivity contribution in [3.63, 3.8) is 0 Å². The molecule has 1 atom stereocenters. The van der Waals surface area contributed by atoms with Crippen LogP contribution in [0.5, 0.6) is 5.75 Å². The molecule has 0 radical (unpaired) electrons. The molecule has 1 unspecified atom stereocenters. The molecule has 6 heteroatoms. The molecule has 4 aromatic rings. The number of ether oxygens (including phenoxy) is 1. The Morgan fingerprint density at radius 2 is 1.90 bits per heavy atom. The van der Waals surface area contributed by atoms with Crippen molar-refractivity contribution in [1.29, 1.82) is 0 Å². The average molecular weight is 399 g/mol. The van der Waals surface area contributed by atoms with E-state index in [1.807, 2.05) is 66.1 Å². The summed E-state index contributed by atoms with van der Waals surface area (Å²) in [6.45, 7) is 3.89. The third kappa shape index (κ3) is 2.64. The summed E-state index contributed by atoms with van der Waals surface area (Å²) >= 11 is 0. The Morgan fingerprint density at radius 1 is 1.13 bits per heavy atom. The maximum absolute atomic E-state index is 13.1. The van der Waals surface area contributed by atoms with E-state index in [0.717, 1.165) is 21.8 Å². The number of nitrogens with zero attached hydrogens (tertiary/aromatic N) is 2. The van der Waals surface area contributed by atoms with Crippen molar-refractivity contribution >= 4 is 33.7 Å². The average Bonchev–Trinajstić information content (AvgIpc) is 3.11. The smallest absolute Gasteiger partial charge is 0.338 e. The van der Waals surface area contributed by atoms with Gasteiger partial charge in [-0.2, -0.15) is 0 Å². The Morgan fingerprint density at radius 3 is 2.73 bits per heavy atom. The van der Waals surface area contributed by atoms with E-state index in [1.54, 1.807) is 13.0 Å². The zero-order chi connectivity index (χ0) is 20.8. The van der Waals surface area contributed by atoms with Crippen LogP contribution in [-0.4, -0.2) is 27.2 Å². The van der Waals surface area contributed by atoms with Crippen LogP contribution in [0.15, 0.2) is 71.9 Å². The van der Waals surface area contributed by atoms with Gasteiger partial charge in [0, 0.05) is 11.3 Å². The van der Waals surface area contributed by atoms with Crippen LogP contribution >= 0.6 is 0 Å². The monoisotopic (exact) mass is 399 g/mol. The SMILES string of the molecule is CCOC(=O)C1=C(C)Nc2nc3ccccc3n2C1c1c(O)ccc2ccccc12. The van der Waals surface area contributed by atoms with Gasteiger partial charge >= 0.3 is 5.97 Å². The number of carbonyl (C=O) groups excluding carboxylic acids is 1. The molecule has 0 spiro atoms. The number of benzene rings is 3. The van der Waals surface area contributed by atoms with Gasteiger partial charge < -0.3 is 15.2 Å². The highest BCUT2D eigenvalue weighted by Gasteiger charge is 2.37. The molecule has 0 saturated heterocycles. The molecule has 6 nitrogen and oxygen atoms in total. The molecular formula is C24H21N3O3. The van der Waals surface area contributed by atoms with E-state index in [-0.39, 0.29) is 12.4 Å². The molecule has 3 aromatic carbocycles. The molecular weight excluding hydrogens is 378 g/mol. The standard InChI is InChI=1S/C24H21N3O3/c1-3-30-23(29)20-14(2)25-24-26-17-10-6-7-11-18(17)27(24)22(20)21-16-9-5-4-8-15(16)12-13-19(21)28/h4-13,22,28H,3H2,1-2H3,(H,25,26). The summed E-state index contributed by atoms with van der Waals surface area (Å²) in [5, 5.41) is 16.1. The molecule has 2 heterocycles. The van der Waals surface area contributed by atoms with Crippen molar-refractivity contribution in [2.24, 2.45) is 0 Å². The number of carbonyl (C=O) groups is 1. The molecule has 1 aliphatic rings. The third-order valence-electron chi connectivity index (χ3n) is 5.55. The number of imidazole rings is 1. The number of esters is 1. The highest BCUT2D eigenvalue weighted by molar-refractivity contribution is 5.97. The number of hydrogen-bond donors (Lipinski definition) is 2. The Hall–Kier alpha value is -3.80. The van der Waals surface area contributed by atoms with E-state index >= 15 is 0 Å². The van der Waals surface area contributed by atoms with Gasteiger partial charge in [-0.25, -0.2) is 9.78 Å². The van der Waals surface area contributed by atoms with Crippen molar-refractivity contribution in [3.05, 3.63) is 77.5 Å². The summed E-state index contributed by atoms with van der Waals surface area (Å²) in [5.41, 5.74) is 3.45. The number of rotatable bonds is 3. The second kappa shape index (κ2) is 6.91. The largest absolute Gasteiger partial charge is 0.508 e. The molecule has 0 fully saturated rings. The maximum Gasteiger partial charge on any atom is 0.338 e. The number of aromatic nitrogens is 2. The normalized spacial score (nSPS) is 15.9. The number of anilines is 1. The van der Waals surface area contributed by atoms with E-state index in [2.05, 4.69) is 5.32 Å². The number of fused-ring (bicyclic) bond motifs is 4. The Kier molecular flexibility index (Phi) is 4.20. The minimum Gasteiger partial charge on any atom is -0.508 e. The zero-order valence-corrected chi connectivity index (χ0v) is 16.7. The number of phenolic OH excluding ortho intramolecular Hbond substituents is 1. The number of nitrogens with one attached hydrogen (secondary N) is 1. The maximum atomic E-state index is 13.1. The lowest BCUT2D eigenvalue weighted by molar-refractivity contribution is -0.139. The molecule has 30 heavy (non-hydrogen) atoms. The molecule has 5 rings (SSSR count). The fourth-order valence-electron chi connectivity index (χ4n) is 4.28. The summed E-state index contributed by atoms with van der Waals surface area (Å²) in [4.78, 5) is 17.8. The van der Waals surface area contributed by atoms with Gasteiger partial charge in [0.25, 0.3) is 0 Å². The minimum atomic E-state index is -0.584. The summed E-state index contributed by atoms with van der Waals surface area (Å²) in [6.07, 6.45) is 0. The van der Waals surface area contributed by atoms with Gasteiger partial charge in [-0.3, -0.25) is 4.57 Å². The van der Waals surface area contributed by atoms with E-state index < -0.39 is 12.0 Å². The van der Waals surface area contributed by atoms with Gasteiger partial charge in [-0.05, 0) is 42.8 Å². The van der Waals surface area contributed by atoms with Gasteiger partial charge in [-0.1, -0.05) is 42.5 Å². The first-order valence-electron chi connectivity index (χ1n) is 9.92. The van der Waals surface area contributed by atoms with E-state index in [4.69, 9.17) is 9.72 Å². The number of para-hydroxylation sites is 2. The van der Waals surface area contributed by atoms with Gasteiger partial charge in [0.1, 0.15) is 11.8 Å². The first kappa shape index (κ1) is 18.2. The van der Waals surface area contributed by atoms with Crippen LogP contribution < -0.4 is 5.32 Å². The first-order chi connectivity index (χ1) is 14.6. The third-order valence-corrected chi connectivity index (χ3v) is 5.55. The van der Waals surface area contributed by atoms with E-state index in [0.29, 0.717) is 22.8 Å². The highest BCUT2D eigenvalue weighted by Crippen LogP contribution is 2.44. The van der Waals surface area contributed by atoms with Gasteiger partial charge in [0.2, 0.25) is 5.95 Å². The summed E-state index contributed by atoms with van der Waals surface area (Å²) in [5.74, 6) is 0.335. The molecule has 2 N–H and O–H groups in total. The van der Waals surface area contributed by atoms with Crippen molar-refractivity contribution in [2.45, 2.75) is 19.9 Å². The van der Waals surface area contributed by atoms with Crippen LogP contribution in [0, 0.1) is 0 Å². The van der Waals surface area contributed by atoms with Crippen LogP contribution in [0.2, 0.25) is 0 Å². The lowest BCUT2D eigenvalue weighted by Gasteiger charge is -2.31. The van der Waals surface area contributed by atoms with Crippen LogP contribution in [-0.2, 0) is 9.53 Å². The van der Waals surface area contributed by atoms with E-state index in [9.17, 15) is 9.90 Å². The van der Waals surface area contributed by atoms with Crippen molar-refractivity contribution in [3.8, 4) is 5.75 Å². The lowest BCUT2D eigenvalue weighted by atomic mass is 9.90. The summed E-state index contributed by atoms with van der Waals surface area (Å²) in [7, 11) is 0. The van der Waals surface area contributed by atoms with Crippen molar-refractivity contribution < 1.29 is 14.6 Å². The molecule has 1 aromatic heterocycles. The lowest BCUT2D eigenvalue weighted by Crippen LogP contribution is -2.29. The second-order valence-corrected chi connectivity index (χ2v) is 7.30. The predicted octanol–water partition coefficient (Wildman–Crippen LogP) is 4.75. The predicted molar refractivity (Wildman–Crippen MR) is 116 cm³/mol. The summed E-state index contributed by atoms with van der Waals surface area (Å²) < 4.78 is 7.38. The molecule has 0 amide bonds. The number of allylic oxidation sites excluding steroid dienone is 1.